The van der Waals surface area contributed by atoms with Crippen LogP contribution in [0.4, 0.5) is 5.95 Å². The molecule has 16 heavy (non-hydrogen) atoms. The Labute approximate surface area is 91.9 Å². The number of rotatable bonds is 1. The van der Waals surface area contributed by atoms with Gasteiger partial charge in [-0.25, -0.2) is 4.98 Å². The van der Waals surface area contributed by atoms with Crippen LogP contribution in [0.2, 0.25) is 0 Å². The molecule has 0 atom stereocenters. The first-order chi connectivity index (χ1) is 7.72. The van der Waals surface area contributed by atoms with E-state index in [1.165, 1.54) is 0 Å². The third kappa shape index (κ3) is 1.33. The predicted molar refractivity (Wildman–Crippen MR) is 62.7 cm³/mol. The fourth-order valence-electron chi connectivity index (χ4n) is 1.78. The first-order valence-electron chi connectivity index (χ1n) is 4.96. The van der Waals surface area contributed by atoms with E-state index >= 15 is 0 Å². The van der Waals surface area contributed by atoms with Gasteiger partial charge < -0.3 is 10.7 Å². The van der Waals surface area contributed by atoms with Gasteiger partial charge in [0.25, 0.3) is 0 Å². The number of H-pyrrole nitrogens is 1. The summed E-state index contributed by atoms with van der Waals surface area (Å²) in [5.74, 6) is 0.443. The van der Waals surface area contributed by atoms with Crippen molar-refractivity contribution in [3.63, 3.8) is 0 Å². The molecule has 0 aliphatic heterocycles. The number of aromatic amines is 1. The number of hydrogen-bond donors (Lipinski definition) is 2. The number of nitrogens with two attached hydrogens (primary N) is 1. The molecule has 0 saturated carbocycles. The maximum absolute atomic E-state index is 5.60. The average Bonchev–Trinajstić information content (AvgIpc) is 2.81. The van der Waals surface area contributed by atoms with Gasteiger partial charge in [-0.15, -0.1) is 0 Å². The second kappa shape index (κ2) is 3.10. The number of aryl methyl sites for hydroxylation is 1. The number of imidazole rings is 1. The molecule has 0 fully saturated rings. The molecule has 80 valence electrons. The van der Waals surface area contributed by atoms with Crippen LogP contribution >= 0.6 is 0 Å². The summed E-state index contributed by atoms with van der Waals surface area (Å²) in [4.78, 5) is 7.17. The molecule has 0 radical (unpaired) electrons. The largest absolute Gasteiger partial charge is 0.369 e. The normalized spacial score (nSPS) is 11.1. The van der Waals surface area contributed by atoms with E-state index in [0.717, 1.165) is 22.2 Å². The van der Waals surface area contributed by atoms with Gasteiger partial charge >= 0.3 is 0 Å². The lowest BCUT2D eigenvalue weighted by atomic mass is 10.1. The summed E-state index contributed by atoms with van der Waals surface area (Å²) in [6.45, 7) is 0. The number of benzene rings is 1. The molecule has 0 saturated heterocycles. The van der Waals surface area contributed by atoms with E-state index in [1.54, 1.807) is 4.68 Å². The van der Waals surface area contributed by atoms with E-state index in [1.807, 2.05) is 37.6 Å². The molecular formula is C11H11N5. The quantitative estimate of drug-likeness (QED) is 0.644. The number of nitrogens with zero attached hydrogens (tertiary/aromatic N) is 3. The Morgan fingerprint density at radius 3 is 2.94 bits per heavy atom. The van der Waals surface area contributed by atoms with Crippen LogP contribution in [-0.2, 0) is 7.05 Å². The number of anilines is 1. The Hall–Kier alpha value is -2.30. The highest BCUT2D eigenvalue weighted by molar-refractivity contribution is 5.82. The minimum atomic E-state index is 0.443. The van der Waals surface area contributed by atoms with Crippen LogP contribution in [0.25, 0.3) is 22.2 Å². The molecule has 0 aliphatic rings. The lowest BCUT2D eigenvalue weighted by Gasteiger charge is -1.96. The summed E-state index contributed by atoms with van der Waals surface area (Å²) >= 11 is 0. The fraction of sp³-hybridized carbons (Fsp3) is 0.0909. The van der Waals surface area contributed by atoms with Crippen LogP contribution in [0, 0.1) is 0 Å². The number of hydrogen-bond acceptors (Lipinski definition) is 3. The Bertz CT molecular complexity index is 649. The van der Waals surface area contributed by atoms with Crippen LogP contribution in [0.1, 0.15) is 0 Å². The number of nitrogen functional groups attached to an aromatic ring is 1. The second-order valence-corrected chi connectivity index (χ2v) is 3.76. The van der Waals surface area contributed by atoms with Crippen LogP contribution in [0.3, 0.4) is 0 Å². The Morgan fingerprint density at radius 2 is 2.19 bits per heavy atom. The van der Waals surface area contributed by atoms with Crippen molar-refractivity contribution in [2.24, 2.45) is 7.05 Å². The number of nitrogens with one attached hydrogen (secondary N) is 1. The molecule has 3 rings (SSSR count). The van der Waals surface area contributed by atoms with Gasteiger partial charge in [-0.1, -0.05) is 6.07 Å². The van der Waals surface area contributed by atoms with Crippen LogP contribution in [-0.4, -0.2) is 19.7 Å². The maximum atomic E-state index is 5.60. The van der Waals surface area contributed by atoms with Gasteiger partial charge in [-0.05, 0) is 17.7 Å². The highest BCUT2D eigenvalue weighted by Crippen LogP contribution is 2.23. The van der Waals surface area contributed by atoms with Crippen molar-refractivity contribution in [1.29, 1.82) is 0 Å². The molecule has 3 aromatic rings. The molecule has 2 heterocycles. The van der Waals surface area contributed by atoms with Gasteiger partial charge in [0.15, 0.2) is 5.95 Å². The van der Waals surface area contributed by atoms with Crippen molar-refractivity contribution in [3.8, 4) is 11.1 Å². The van der Waals surface area contributed by atoms with Crippen LogP contribution in [0.15, 0.2) is 30.6 Å². The zero-order valence-corrected chi connectivity index (χ0v) is 8.81. The van der Waals surface area contributed by atoms with Gasteiger partial charge in [0, 0.05) is 18.8 Å². The number of aromatic nitrogens is 4. The van der Waals surface area contributed by atoms with Crippen molar-refractivity contribution < 1.29 is 0 Å². The Morgan fingerprint density at radius 1 is 1.31 bits per heavy atom. The molecule has 0 aliphatic carbocycles. The topological polar surface area (TPSA) is 72.5 Å². The smallest absolute Gasteiger partial charge is 0.198 e. The van der Waals surface area contributed by atoms with Gasteiger partial charge in [-0.2, -0.15) is 5.10 Å². The van der Waals surface area contributed by atoms with Gasteiger partial charge in [0.1, 0.15) is 0 Å². The van der Waals surface area contributed by atoms with Crippen molar-refractivity contribution in [2.75, 3.05) is 5.73 Å². The first-order valence-corrected chi connectivity index (χ1v) is 4.96. The van der Waals surface area contributed by atoms with Gasteiger partial charge in [0.2, 0.25) is 0 Å². The molecule has 5 nitrogen and oxygen atoms in total. The van der Waals surface area contributed by atoms with E-state index in [9.17, 15) is 0 Å². The number of fused-ring (bicyclic) bond motifs is 1. The molecule has 0 bridgehead atoms. The molecule has 0 unspecified atom stereocenters. The summed E-state index contributed by atoms with van der Waals surface area (Å²) in [6, 6.07) is 5.99. The van der Waals surface area contributed by atoms with Crippen molar-refractivity contribution >= 4 is 17.0 Å². The zero-order valence-electron chi connectivity index (χ0n) is 8.81. The first kappa shape index (κ1) is 8.96. The molecule has 2 aromatic heterocycles. The SMILES string of the molecule is Cn1cc(-c2ccc3nc(N)[nH]c3c2)cn1. The second-order valence-electron chi connectivity index (χ2n) is 3.76. The van der Waals surface area contributed by atoms with Crippen LogP contribution < -0.4 is 5.73 Å². The highest BCUT2D eigenvalue weighted by Gasteiger charge is 2.04. The Balaban J connectivity index is 2.17. The molecule has 0 amide bonds. The average molecular weight is 213 g/mol. The third-order valence-electron chi connectivity index (χ3n) is 2.54. The zero-order chi connectivity index (χ0) is 11.1. The van der Waals surface area contributed by atoms with E-state index in [-0.39, 0.29) is 0 Å². The molecule has 3 N–H and O–H groups in total. The minimum absolute atomic E-state index is 0.443. The summed E-state index contributed by atoms with van der Waals surface area (Å²) in [5, 5.41) is 4.14. The molecule has 1 aromatic carbocycles. The third-order valence-corrected chi connectivity index (χ3v) is 2.54. The van der Waals surface area contributed by atoms with E-state index in [4.69, 9.17) is 5.73 Å². The van der Waals surface area contributed by atoms with Gasteiger partial charge in [-0.3, -0.25) is 4.68 Å². The summed E-state index contributed by atoms with van der Waals surface area (Å²) in [6.07, 6.45) is 3.81. The minimum Gasteiger partial charge on any atom is -0.369 e. The lowest BCUT2D eigenvalue weighted by Crippen LogP contribution is -1.84. The predicted octanol–water partition coefficient (Wildman–Crippen LogP) is 1.55. The van der Waals surface area contributed by atoms with E-state index in [0.29, 0.717) is 5.95 Å². The molecule has 5 heteroatoms. The summed E-state index contributed by atoms with van der Waals surface area (Å²) < 4.78 is 1.78. The Kier molecular flexibility index (Phi) is 1.73. The van der Waals surface area contributed by atoms with Crippen molar-refractivity contribution in [2.45, 2.75) is 0 Å². The highest BCUT2D eigenvalue weighted by atomic mass is 15.2. The lowest BCUT2D eigenvalue weighted by molar-refractivity contribution is 0.768. The van der Waals surface area contributed by atoms with E-state index in [2.05, 4.69) is 15.1 Å². The summed E-state index contributed by atoms with van der Waals surface area (Å²) in [7, 11) is 1.90. The van der Waals surface area contributed by atoms with Crippen molar-refractivity contribution in [3.05, 3.63) is 30.6 Å². The molecular weight excluding hydrogens is 202 g/mol. The van der Waals surface area contributed by atoms with Gasteiger partial charge in [0.05, 0.1) is 17.2 Å². The van der Waals surface area contributed by atoms with E-state index < -0.39 is 0 Å². The summed E-state index contributed by atoms with van der Waals surface area (Å²) in [5.41, 5.74) is 9.61. The van der Waals surface area contributed by atoms with Crippen molar-refractivity contribution in [1.82, 2.24) is 19.7 Å². The fourth-order valence-corrected chi connectivity index (χ4v) is 1.78. The standard InChI is InChI=1S/C11H11N5/c1-16-6-8(5-13-16)7-2-3-9-10(4-7)15-11(12)14-9/h2-6H,1H3,(H3,12,14,15). The maximum Gasteiger partial charge on any atom is 0.198 e. The monoisotopic (exact) mass is 213 g/mol. The molecule has 0 spiro atoms. The van der Waals surface area contributed by atoms with Crippen LogP contribution in [0.5, 0.6) is 0 Å².